The number of phenols is 1. The van der Waals surface area contributed by atoms with E-state index in [4.69, 9.17) is 0 Å². The van der Waals surface area contributed by atoms with Gasteiger partial charge >= 0.3 is 0 Å². The molecule has 29 heavy (non-hydrogen) atoms. The molecule has 2 aromatic heterocycles. The van der Waals surface area contributed by atoms with Gasteiger partial charge in [-0.1, -0.05) is 6.07 Å². The predicted molar refractivity (Wildman–Crippen MR) is 113 cm³/mol. The van der Waals surface area contributed by atoms with Crippen molar-refractivity contribution >= 4 is 5.82 Å². The zero-order chi connectivity index (χ0) is 20.0. The first-order valence-corrected chi connectivity index (χ1v) is 10.2. The second kappa shape index (κ2) is 7.15. The fraction of sp³-hybridized carbons (Fsp3) is 0.409. The van der Waals surface area contributed by atoms with Gasteiger partial charge in [-0.15, -0.1) is 10.2 Å². The van der Waals surface area contributed by atoms with Crippen LogP contribution in [-0.2, 0) is 0 Å². The number of anilines is 1. The molecule has 2 bridgehead atoms. The molecule has 2 aliphatic heterocycles. The summed E-state index contributed by atoms with van der Waals surface area (Å²) in [6, 6.07) is 11.3. The molecule has 3 N–H and O–H groups in total. The summed E-state index contributed by atoms with van der Waals surface area (Å²) in [5, 5.41) is 30.1. The lowest BCUT2D eigenvalue weighted by Gasteiger charge is -2.36. The van der Waals surface area contributed by atoms with Crippen molar-refractivity contribution in [3.05, 3.63) is 42.2 Å². The standard InChI is InChI=1S/C22H26N6O/c1-13-19(12-23-25-13)14-3-6-18(21(29)9-14)20-7-8-22(27-26-20)28(2)17-10-15-4-5-16(11-17)24-15/h3,6-9,12,15-17,24,29H,4-5,10-11H2,1-2H3,(H,23,25)/t15-,16+,17-. The minimum Gasteiger partial charge on any atom is -0.507 e. The number of benzene rings is 1. The molecule has 2 aliphatic rings. The van der Waals surface area contributed by atoms with Crippen molar-refractivity contribution in [3.8, 4) is 28.1 Å². The first-order valence-electron chi connectivity index (χ1n) is 10.2. The van der Waals surface area contributed by atoms with E-state index in [2.05, 4.69) is 37.7 Å². The van der Waals surface area contributed by atoms with Crippen molar-refractivity contribution in [2.45, 2.75) is 50.7 Å². The van der Waals surface area contributed by atoms with Crippen molar-refractivity contribution in [3.63, 3.8) is 0 Å². The van der Waals surface area contributed by atoms with Crippen molar-refractivity contribution in [2.24, 2.45) is 0 Å². The Bertz CT molecular complexity index is 1000. The summed E-state index contributed by atoms with van der Waals surface area (Å²) >= 11 is 0. The van der Waals surface area contributed by atoms with E-state index in [0.717, 1.165) is 35.5 Å². The smallest absolute Gasteiger partial charge is 0.151 e. The Morgan fingerprint density at radius 3 is 2.45 bits per heavy atom. The van der Waals surface area contributed by atoms with E-state index in [1.165, 1.54) is 12.8 Å². The van der Waals surface area contributed by atoms with E-state index in [1.807, 2.05) is 37.4 Å². The second-order valence-corrected chi connectivity index (χ2v) is 8.27. The van der Waals surface area contributed by atoms with Gasteiger partial charge in [-0.05, 0) is 62.4 Å². The number of H-pyrrole nitrogens is 1. The molecular weight excluding hydrogens is 364 g/mol. The Hall–Kier alpha value is -2.93. The maximum absolute atomic E-state index is 10.6. The Morgan fingerprint density at radius 2 is 1.83 bits per heavy atom. The highest BCUT2D eigenvalue weighted by Crippen LogP contribution is 2.34. The molecule has 1 aromatic carbocycles. The number of aryl methyl sites for hydroxylation is 1. The van der Waals surface area contributed by atoms with Gasteiger partial charge in [-0.2, -0.15) is 5.10 Å². The second-order valence-electron chi connectivity index (χ2n) is 8.27. The summed E-state index contributed by atoms with van der Waals surface area (Å²) in [6.45, 7) is 1.94. The van der Waals surface area contributed by atoms with Gasteiger partial charge in [-0.25, -0.2) is 0 Å². The maximum atomic E-state index is 10.6. The molecule has 0 unspecified atom stereocenters. The third-order valence-corrected chi connectivity index (χ3v) is 6.42. The lowest BCUT2D eigenvalue weighted by atomic mass is 9.98. The normalized spacial score (nSPS) is 23.3. The van der Waals surface area contributed by atoms with Crippen LogP contribution in [0.4, 0.5) is 5.82 Å². The van der Waals surface area contributed by atoms with Crippen LogP contribution in [0.15, 0.2) is 36.5 Å². The highest BCUT2D eigenvalue weighted by Gasteiger charge is 2.35. The lowest BCUT2D eigenvalue weighted by molar-refractivity contribution is 0.353. The molecule has 2 saturated heterocycles. The van der Waals surface area contributed by atoms with Gasteiger partial charge in [0.15, 0.2) is 5.82 Å². The van der Waals surface area contributed by atoms with Crippen molar-refractivity contribution in [2.75, 3.05) is 11.9 Å². The molecule has 7 nitrogen and oxygen atoms in total. The monoisotopic (exact) mass is 390 g/mol. The number of nitrogens with zero attached hydrogens (tertiary/aromatic N) is 4. The van der Waals surface area contributed by atoms with Crippen molar-refractivity contribution < 1.29 is 5.11 Å². The minimum atomic E-state index is 0.188. The fourth-order valence-electron chi connectivity index (χ4n) is 4.75. The molecule has 7 heteroatoms. The number of nitrogens with one attached hydrogen (secondary N) is 2. The Morgan fingerprint density at radius 1 is 1.03 bits per heavy atom. The molecule has 4 heterocycles. The van der Waals surface area contributed by atoms with Gasteiger partial charge < -0.3 is 15.3 Å². The average molecular weight is 390 g/mol. The molecule has 0 saturated carbocycles. The maximum Gasteiger partial charge on any atom is 0.151 e. The molecular formula is C22H26N6O. The quantitative estimate of drug-likeness (QED) is 0.634. The van der Waals surface area contributed by atoms with Crippen LogP contribution >= 0.6 is 0 Å². The van der Waals surface area contributed by atoms with Gasteiger partial charge in [0.1, 0.15) is 5.75 Å². The summed E-state index contributed by atoms with van der Waals surface area (Å²) in [7, 11) is 2.11. The summed E-state index contributed by atoms with van der Waals surface area (Å²) < 4.78 is 0. The number of fused-ring (bicyclic) bond motifs is 2. The van der Waals surface area contributed by atoms with Gasteiger partial charge in [0.2, 0.25) is 0 Å². The molecule has 2 fully saturated rings. The van der Waals surface area contributed by atoms with E-state index in [0.29, 0.717) is 29.4 Å². The van der Waals surface area contributed by atoms with E-state index < -0.39 is 0 Å². The Kier molecular flexibility index (Phi) is 4.47. The lowest BCUT2D eigenvalue weighted by Crippen LogP contribution is -2.47. The van der Waals surface area contributed by atoms with E-state index in [9.17, 15) is 5.11 Å². The van der Waals surface area contributed by atoms with Crippen molar-refractivity contribution in [1.82, 2.24) is 25.7 Å². The third kappa shape index (κ3) is 3.35. The third-order valence-electron chi connectivity index (χ3n) is 6.42. The highest BCUT2D eigenvalue weighted by atomic mass is 16.3. The molecule has 150 valence electrons. The summed E-state index contributed by atoms with van der Waals surface area (Å²) in [5.41, 5.74) is 4.14. The number of piperidine rings is 1. The van der Waals surface area contributed by atoms with E-state index in [-0.39, 0.29) is 5.75 Å². The SMILES string of the molecule is Cc1n[nH]cc1-c1ccc(-c2ccc(N(C)[C@@H]3C[C@H]4CC[C@@H](C3)N4)nn2)c(O)c1. The highest BCUT2D eigenvalue weighted by molar-refractivity contribution is 5.75. The van der Waals surface area contributed by atoms with Gasteiger partial charge in [0.25, 0.3) is 0 Å². The zero-order valence-corrected chi connectivity index (χ0v) is 16.8. The summed E-state index contributed by atoms with van der Waals surface area (Å²) in [4.78, 5) is 2.26. The average Bonchev–Trinajstić information content (AvgIpc) is 3.32. The van der Waals surface area contributed by atoms with Crippen LogP contribution in [-0.4, -0.2) is 50.7 Å². The number of rotatable bonds is 4. The Balaban J connectivity index is 1.35. The summed E-state index contributed by atoms with van der Waals surface area (Å²) in [6.07, 6.45) is 6.72. The summed E-state index contributed by atoms with van der Waals surface area (Å²) in [5.74, 6) is 1.07. The first kappa shape index (κ1) is 18.1. The first-order chi connectivity index (χ1) is 14.1. The van der Waals surface area contributed by atoms with Crippen LogP contribution in [0.1, 0.15) is 31.4 Å². The van der Waals surface area contributed by atoms with Gasteiger partial charge in [0, 0.05) is 42.5 Å². The number of phenolic OH excluding ortho intramolecular Hbond substituents is 1. The van der Waals surface area contributed by atoms with Crippen LogP contribution < -0.4 is 10.2 Å². The predicted octanol–water partition coefficient (Wildman–Crippen LogP) is 3.27. The van der Waals surface area contributed by atoms with Gasteiger partial charge in [-0.3, -0.25) is 5.10 Å². The van der Waals surface area contributed by atoms with E-state index >= 15 is 0 Å². The largest absolute Gasteiger partial charge is 0.507 e. The van der Waals surface area contributed by atoms with E-state index in [1.54, 1.807) is 6.07 Å². The fourth-order valence-corrected chi connectivity index (χ4v) is 4.75. The molecule has 3 atom stereocenters. The molecule has 0 radical (unpaired) electrons. The number of aromatic nitrogens is 4. The minimum absolute atomic E-state index is 0.188. The van der Waals surface area contributed by atoms with Crippen LogP contribution in [0.2, 0.25) is 0 Å². The van der Waals surface area contributed by atoms with Crippen molar-refractivity contribution in [1.29, 1.82) is 0 Å². The number of aromatic hydroxyl groups is 1. The van der Waals surface area contributed by atoms with Crippen LogP contribution in [0.25, 0.3) is 22.4 Å². The number of hydrogen-bond acceptors (Lipinski definition) is 6. The molecule has 0 spiro atoms. The van der Waals surface area contributed by atoms with Gasteiger partial charge in [0.05, 0.1) is 11.4 Å². The molecule has 5 rings (SSSR count). The van der Waals surface area contributed by atoms with Crippen LogP contribution in [0.5, 0.6) is 5.75 Å². The van der Waals surface area contributed by atoms with Crippen LogP contribution in [0, 0.1) is 6.92 Å². The van der Waals surface area contributed by atoms with Crippen LogP contribution in [0.3, 0.4) is 0 Å². The number of hydrogen-bond donors (Lipinski definition) is 3. The number of aromatic amines is 1. The molecule has 0 aliphatic carbocycles. The Labute approximate surface area is 170 Å². The topological polar surface area (TPSA) is 90.0 Å². The zero-order valence-electron chi connectivity index (χ0n) is 16.8. The molecule has 3 aromatic rings. The molecule has 0 amide bonds.